The topological polar surface area (TPSA) is 133 Å². The third kappa shape index (κ3) is 4.83. The van der Waals surface area contributed by atoms with Crippen molar-refractivity contribution < 1.29 is 17.6 Å². The van der Waals surface area contributed by atoms with Gasteiger partial charge in [-0.3, -0.25) is 9.36 Å². The quantitative estimate of drug-likeness (QED) is 0.352. The summed E-state index contributed by atoms with van der Waals surface area (Å²) in [5.41, 5.74) is 0.112. The molecule has 2 amide bonds. The van der Waals surface area contributed by atoms with Gasteiger partial charge in [0.1, 0.15) is 16.1 Å². The monoisotopic (exact) mass is 531 g/mol. The van der Waals surface area contributed by atoms with Crippen molar-refractivity contribution in [2.75, 3.05) is 17.7 Å². The number of urea groups is 1. The number of carbonyl (C=O) groups excluding carboxylic acids is 1. The van der Waals surface area contributed by atoms with Crippen LogP contribution < -0.4 is 20.9 Å². The van der Waals surface area contributed by atoms with Gasteiger partial charge in [-0.1, -0.05) is 11.6 Å². The van der Waals surface area contributed by atoms with Gasteiger partial charge in [-0.15, -0.1) is 11.3 Å². The minimum absolute atomic E-state index is 0.0591. The first kappa shape index (κ1) is 24.2. The number of nitriles is 1. The lowest BCUT2D eigenvalue weighted by atomic mass is 10.1. The minimum atomic E-state index is -4.16. The SMILES string of the molecule is CNc1ccc2c(=O)n(-c3ccc(NC(=O)NS(=O)(=O)c4ccc(Cl)s4)cc3F)cc(C#N)c2c1. The van der Waals surface area contributed by atoms with E-state index < -0.39 is 27.4 Å². The Hall–Kier alpha value is -3.92. The number of sulfonamides is 1. The van der Waals surface area contributed by atoms with Crippen molar-refractivity contribution in [1.29, 1.82) is 5.26 Å². The smallest absolute Gasteiger partial charge is 0.333 e. The highest BCUT2D eigenvalue weighted by molar-refractivity contribution is 7.92. The number of thiophene rings is 1. The molecule has 0 saturated carbocycles. The molecule has 0 unspecified atom stereocenters. The molecular weight excluding hydrogens is 517 g/mol. The Morgan fingerprint density at radius 1 is 1.11 bits per heavy atom. The molecule has 0 radical (unpaired) electrons. The summed E-state index contributed by atoms with van der Waals surface area (Å²) in [5, 5.41) is 15.4. The Morgan fingerprint density at radius 3 is 2.49 bits per heavy atom. The van der Waals surface area contributed by atoms with Crippen LogP contribution in [0.3, 0.4) is 0 Å². The van der Waals surface area contributed by atoms with Crippen molar-refractivity contribution in [2.45, 2.75) is 4.21 Å². The molecule has 4 aromatic rings. The number of anilines is 2. The lowest BCUT2D eigenvalue weighted by molar-refractivity contribution is 0.256. The molecule has 9 nitrogen and oxygen atoms in total. The summed E-state index contributed by atoms with van der Waals surface area (Å²) in [7, 11) is -2.46. The molecule has 0 fully saturated rings. The van der Waals surface area contributed by atoms with Crippen LogP contribution in [0.15, 0.2) is 63.7 Å². The number of pyridine rings is 1. The van der Waals surface area contributed by atoms with Crippen LogP contribution in [0.5, 0.6) is 0 Å². The van der Waals surface area contributed by atoms with E-state index in [1.165, 1.54) is 30.5 Å². The van der Waals surface area contributed by atoms with E-state index in [1.807, 2.05) is 10.8 Å². The summed E-state index contributed by atoms with van der Waals surface area (Å²) in [4.78, 5) is 25.2. The first-order chi connectivity index (χ1) is 16.6. The van der Waals surface area contributed by atoms with Crippen molar-refractivity contribution in [3.8, 4) is 11.8 Å². The Labute approximate surface area is 207 Å². The van der Waals surface area contributed by atoms with E-state index in [0.29, 0.717) is 11.1 Å². The van der Waals surface area contributed by atoms with Crippen molar-refractivity contribution in [3.05, 3.63) is 80.8 Å². The summed E-state index contributed by atoms with van der Waals surface area (Å²) in [5.74, 6) is -0.882. The first-order valence-electron chi connectivity index (χ1n) is 9.79. The Morgan fingerprint density at radius 2 is 1.86 bits per heavy atom. The number of halogens is 2. The number of carbonyl (C=O) groups is 1. The third-order valence-corrected chi connectivity index (χ3v) is 7.99. The van der Waals surface area contributed by atoms with E-state index in [0.717, 1.165) is 22.0 Å². The molecule has 35 heavy (non-hydrogen) atoms. The molecule has 0 spiro atoms. The number of nitrogens with zero attached hydrogens (tertiary/aromatic N) is 2. The normalized spacial score (nSPS) is 11.1. The fourth-order valence-corrected chi connectivity index (χ4v) is 5.71. The second kappa shape index (κ2) is 9.38. The predicted octanol–water partition coefficient (Wildman–Crippen LogP) is 4.27. The highest BCUT2D eigenvalue weighted by Crippen LogP contribution is 2.26. The van der Waals surface area contributed by atoms with Crippen LogP contribution in [-0.4, -0.2) is 26.1 Å². The van der Waals surface area contributed by atoms with Crippen molar-refractivity contribution in [1.82, 2.24) is 9.29 Å². The summed E-state index contributed by atoms with van der Waals surface area (Å²) in [6, 6.07) is 11.8. The van der Waals surface area contributed by atoms with E-state index in [1.54, 1.807) is 25.2 Å². The van der Waals surface area contributed by atoms with Crippen LogP contribution in [0.4, 0.5) is 20.6 Å². The zero-order chi connectivity index (χ0) is 25.3. The molecular formula is C22H15ClFN5O4S2. The molecule has 4 rings (SSSR count). The standard InChI is InChI=1S/C22H15ClFN5O4S2/c1-26-13-2-4-15-16(8-13)12(10-25)11-29(21(15)30)18-5-3-14(9-17(18)24)27-22(31)28-35(32,33)20-7-6-19(23)34-20/h2-9,11,26H,1H3,(H2,27,28,31). The Kier molecular flexibility index (Phi) is 6.49. The largest absolute Gasteiger partial charge is 0.388 e. The van der Waals surface area contributed by atoms with Crippen LogP contribution in [0.25, 0.3) is 16.5 Å². The third-order valence-electron chi connectivity index (χ3n) is 4.93. The van der Waals surface area contributed by atoms with Crippen molar-refractivity contribution in [2.24, 2.45) is 0 Å². The maximum absolute atomic E-state index is 15.0. The average molecular weight is 532 g/mol. The highest BCUT2D eigenvalue weighted by atomic mass is 35.5. The number of nitrogens with one attached hydrogen (secondary N) is 3. The van der Waals surface area contributed by atoms with E-state index in [-0.39, 0.29) is 30.9 Å². The van der Waals surface area contributed by atoms with E-state index in [9.17, 15) is 27.7 Å². The molecule has 2 heterocycles. The Bertz CT molecular complexity index is 1690. The van der Waals surface area contributed by atoms with Crippen LogP contribution in [-0.2, 0) is 10.0 Å². The maximum atomic E-state index is 15.0. The average Bonchev–Trinajstić information content (AvgIpc) is 3.26. The number of rotatable bonds is 5. The van der Waals surface area contributed by atoms with Gasteiger partial charge in [0, 0.05) is 35.4 Å². The fourth-order valence-electron chi connectivity index (χ4n) is 3.32. The van der Waals surface area contributed by atoms with Gasteiger partial charge in [-0.05, 0) is 48.5 Å². The van der Waals surface area contributed by atoms with Gasteiger partial charge in [-0.25, -0.2) is 22.3 Å². The lowest BCUT2D eigenvalue weighted by Crippen LogP contribution is -2.34. The number of aromatic nitrogens is 1. The number of hydrogen-bond acceptors (Lipinski definition) is 7. The van der Waals surface area contributed by atoms with Gasteiger partial charge >= 0.3 is 6.03 Å². The number of amides is 2. The molecule has 0 saturated heterocycles. The molecule has 0 atom stereocenters. The molecule has 2 aromatic carbocycles. The van der Waals surface area contributed by atoms with E-state index in [2.05, 4.69) is 10.6 Å². The number of hydrogen-bond donors (Lipinski definition) is 3. The van der Waals surface area contributed by atoms with Crippen molar-refractivity contribution in [3.63, 3.8) is 0 Å². The maximum Gasteiger partial charge on any atom is 0.333 e. The lowest BCUT2D eigenvalue weighted by Gasteiger charge is -2.13. The predicted molar refractivity (Wildman–Crippen MR) is 132 cm³/mol. The second-order valence-electron chi connectivity index (χ2n) is 7.12. The first-order valence-corrected chi connectivity index (χ1v) is 12.5. The minimum Gasteiger partial charge on any atom is -0.388 e. The molecule has 178 valence electrons. The molecule has 0 aliphatic carbocycles. The van der Waals surface area contributed by atoms with Gasteiger partial charge < -0.3 is 10.6 Å². The molecule has 0 bridgehead atoms. The highest BCUT2D eigenvalue weighted by Gasteiger charge is 2.20. The van der Waals surface area contributed by atoms with Gasteiger partial charge in [0.2, 0.25) is 0 Å². The summed E-state index contributed by atoms with van der Waals surface area (Å²) >= 11 is 6.50. The molecule has 0 aliphatic rings. The second-order valence-corrected chi connectivity index (χ2v) is 10.7. The zero-order valence-corrected chi connectivity index (χ0v) is 20.2. The summed E-state index contributed by atoms with van der Waals surface area (Å²) < 4.78 is 42.3. The van der Waals surface area contributed by atoms with Gasteiger partial charge in [0.15, 0.2) is 0 Å². The summed E-state index contributed by atoms with van der Waals surface area (Å²) in [6.07, 6.45) is 1.24. The van der Waals surface area contributed by atoms with Crippen molar-refractivity contribution >= 4 is 61.1 Å². The molecule has 0 aliphatic heterocycles. The van der Waals surface area contributed by atoms with E-state index >= 15 is 0 Å². The Balaban J connectivity index is 1.63. The zero-order valence-electron chi connectivity index (χ0n) is 17.8. The van der Waals surface area contributed by atoms with Crippen LogP contribution in [0, 0.1) is 17.1 Å². The number of benzene rings is 2. The fraction of sp³-hybridized carbons (Fsp3) is 0.0455. The van der Waals surface area contributed by atoms with Crippen LogP contribution in [0.2, 0.25) is 4.34 Å². The number of fused-ring (bicyclic) bond motifs is 1. The molecule has 2 aromatic heterocycles. The van der Waals surface area contributed by atoms with Crippen LogP contribution >= 0.6 is 22.9 Å². The molecule has 13 heteroatoms. The van der Waals surface area contributed by atoms with Gasteiger partial charge in [0.05, 0.1) is 15.6 Å². The van der Waals surface area contributed by atoms with E-state index in [4.69, 9.17) is 11.6 Å². The van der Waals surface area contributed by atoms with Crippen LogP contribution in [0.1, 0.15) is 5.56 Å². The summed E-state index contributed by atoms with van der Waals surface area (Å²) in [6.45, 7) is 0. The molecule has 3 N–H and O–H groups in total. The van der Waals surface area contributed by atoms with Gasteiger partial charge in [0.25, 0.3) is 15.6 Å². The van der Waals surface area contributed by atoms with Gasteiger partial charge in [-0.2, -0.15) is 5.26 Å².